The molecule has 0 amide bonds. The summed E-state index contributed by atoms with van der Waals surface area (Å²) in [6.07, 6.45) is 2.19. The summed E-state index contributed by atoms with van der Waals surface area (Å²) in [7, 11) is 0.923. The Bertz CT molecular complexity index is 249. The molecule has 0 aliphatic carbocycles. The van der Waals surface area contributed by atoms with Crippen LogP contribution in [0.3, 0.4) is 0 Å². The van der Waals surface area contributed by atoms with Crippen molar-refractivity contribution >= 4 is 14.7 Å². The van der Waals surface area contributed by atoms with E-state index in [2.05, 4.69) is 50.3 Å². The van der Waals surface area contributed by atoms with Crippen LogP contribution in [0.2, 0.25) is 6.04 Å². The molecule has 1 rings (SSSR count). The van der Waals surface area contributed by atoms with Crippen LogP contribution in [0.25, 0.3) is 0 Å². The maximum Gasteiger partial charge on any atom is 0.0852 e. The second-order valence-corrected chi connectivity index (χ2v) is 4.14. The summed E-state index contributed by atoms with van der Waals surface area (Å²) < 4.78 is 0. The van der Waals surface area contributed by atoms with E-state index in [9.17, 15) is 0 Å². The molecule has 1 heteroatoms. The van der Waals surface area contributed by atoms with E-state index in [1.165, 1.54) is 16.8 Å². The molecule has 0 nitrogen and oxygen atoms in total. The van der Waals surface area contributed by atoms with Gasteiger partial charge in [0.1, 0.15) is 0 Å². The van der Waals surface area contributed by atoms with Gasteiger partial charge in [0.15, 0.2) is 0 Å². The smallest absolute Gasteiger partial charge is 0.0852 e. The van der Waals surface area contributed by atoms with Crippen LogP contribution >= 0.6 is 0 Å². The summed E-state index contributed by atoms with van der Waals surface area (Å²) in [5.41, 5.74) is 1.48. The van der Waals surface area contributed by atoms with Crippen LogP contribution in [0.1, 0.15) is 13.8 Å². The first-order valence-corrected chi connectivity index (χ1v) is 5.44. The average Bonchev–Trinajstić information content (AvgIpc) is 2.16. The summed E-state index contributed by atoms with van der Waals surface area (Å²) in [6.45, 7) is 4.29. The Morgan fingerprint density at radius 3 is 2.58 bits per heavy atom. The zero-order chi connectivity index (χ0) is 8.81. The Morgan fingerprint density at radius 1 is 1.33 bits per heavy atom. The molecule has 0 unspecified atom stereocenters. The third-order valence-corrected chi connectivity index (χ3v) is 3.31. The van der Waals surface area contributed by atoms with E-state index < -0.39 is 0 Å². The maximum atomic E-state index is 2.20. The van der Waals surface area contributed by atoms with Crippen molar-refractivity contribution in [1.82, 2.24) is 0 Å². The number of benzene rings is 1. The van der Waals surface area contributed by atoms with E-state index in [0.717, 1.165) is 9.52 Å². The molecule has 0 aromatic heterocycles. The molecule has 0 aliphatic heterocycles. The van der Waals surface area contributed by atoms with Crippen molar-refractivity contribution in [2.24, 2.45) is 0 Å². The lowest BCUT2D eigenvalue weighted by Gasteiger charge is -1.98. The topological polar surface area (TPSA) is 0 Å². The Labute approximate surface area is 77.1 Å². The highest BCUT2D eigenvalue weighted by molar-refractivity contribution is 6.54. The molecule has 0 heterocycles. The van der Waals surface area contributed by atoms with E-state index in [1.807, 2.05) is 0 Å². The van der Waals surface area contributed by atoms with Crippen LogP contribution in [0.4, 0.5) is 0 Å². The molecule has 2 radical (unpaired) electrons. The largest absolute Gasteiger partial charge is 0.0890 e. The molecule has 12 heavy (non-hydrogen) atoms. The lowest BCUT2D eigenvalue weighted by Crippen LogP contribution is -2.12. The third kappa shape index (κ3) is 3.05. The lowest BCUT2D eigenvalue weighted by molar-refractivity contribution is 1.35. The summed E-state index contributed by atoms with van der Waals surface area (Å²) in [6, 6.07) is 11.9. The Kier molecular flexibility index (Phi) is 3.81. The molecule has 0 spiro atoms. The fraction of sp³-hybridized carbons (Fsp3) is 0.273. The summed E-state index contributed by atoms with van der Waals surface area (Å²) >= 11 is 0. The van der Waals surface area contributed by atoms with Crippen LogP contribution in [0.15, 0.2) is 42.0 Å². The third-order valence-electron chi connectivity index (χ3n) is 1.84. The zero-order valence-electron chi connectivity index (χ0n) is 7.67. The molecule has 0 saturated carbocycles. The van der Waals surface area contributed by atoms with Crippen molar-refractivity contribution in [3.8, 4) is 0 Å². The van der Waals surface area contributed by atoms with Crippen LogP contribution in [0, 0.1) is 0 Å². The first-order chi connectivity index (χ1) is 5.83. The van der Waals surface area contributed by atoms with Gasteiger partial charge in [-0.15, -0.1) is 0 Å². The van der Waals surface area contributed by atoms with Gasteiger partial charge in [0.25, 0.3) is 0 Å². The Hall–Kier alpha value is -0.823. The highest BCUT2D eigenvalue weighted by atomic mass is 28.2. The Balaban J connectivity index is 2.44. The predicted molar refractivity (Wildman–Crippen MR) is 56.1 cm³/mol. The van der Waals surface area contributed by atoms with Crippen LogP contribution in [-0.4, -0.2) is 9.52 Å². The SMILES string of the molecule is C/C=C(/C)C[Si]c1ccccc1. The summed E-state index contributed by atoms with van der Waals surface area (Å²) in [5.74, 6) is 0. The van der Waals surface area contributed by atoms with Gasteiger partial charge >= 0.3 is 0 Å². The fourth-order valence-corrected chi connectivity index (χ4v) is 2.01. The normalized spacial score (nSPS) is 11.7. The van der Waals surface area contributed by atoms with Crippen LogP contribution in [-0.2, 0) is 0 Å². The van der Waals surface area contributed by atoms with E-state index in [4.69, 9.17) is 0 Å². The van der Waals surface area contributed by atoms with Crippen molar-refractivity contribution in [3.63, 3.8) is 0 Å². The fourth-order valence-electron chi connectivity index (χ4n) is 0.900. The van der Waals surface area contributed by atoms with E-state index in [1.54, 1.807) is 0 Å². The van der Waals surface area contributed by atoms with Crippen molar-refractivity contribution in [3.05, 3.63) is 42.0 Å². The number of allylic oxidation sites excluding steroid dienone is 2. The van der Waals surface area contributed by atoms with Crippen molar-refractivity contribution < 1.29 is 0 Å². The molecular weight excluding hydrogens is 160 g/mol. The second-order valence-electron chi connectivity index (χ2n) is 2.85. The zero-order valence-corrected chi connectivity index (χ0v) is 8.67. The molecule has 0 saturated heterocycles. The first-order valence-electron chi connectivity index (χ1n) is 4.23. The van der Waals surface area contributed by atoms with Crippen LogP contribution < -0.4 is 5.19 Å². The van der Waals surface area contributed by atoms with Gasteiger partial charge in [0.05, 0.1) is 9.52 Å². The van der Waals surface area contributed by atoms with Crippen LogP contribution in [0.5, 0.6) is 0 Å². The molecule has 1 aromatic carbocycles. The van der Waals surface area contributed by atoms with Gasteiger partial charge in [-0.25, -0.2) is 0 Å². The highest BCUT2D eigenvalue weighted by Gasteiger charge is 1.93. The van der Waals surface area contributed by atoms with E-state index in [0.29, 0.717) is 0 Å². The van der Waals surface area contributed by atoms with Gasteiger partial charge in [0.2, 0.25) is 0 Å². The van der Waals surface area contributed by atoms with Gasteiger partial charge in [0, 0.05) is 0 Å². The van der Waals surface area contributed by atoms with E-state index >= 15 is 0 Å². The minimum absolute atomic E-state index is 0.923. The minimum Gasteiger partial charge on any atom is -0.0890 e. The van der Waals surface area contributed by atoms with Gasteiger partial charge in [-0.05, 0) is 19.9 Å². The lowest BCUT2D eigenvalue weighted by atomic mass is 10.3. The maximum absolute atomic E-state index is 2.20. The molecule has 0 bridgehead atoms. The Morgan fingerprint density at radius 2 is 2.00 bits per heavy atom. The van der Waals surface area contributed by atoms with Crippen molar-refractivity contribution in [1.29, 1.82) is 0 Å². The highest BCUT2D eigenvalue weighted by Crippen LogP contribution is 1.98. The number of rotatable bonds is 3. The summed E-state index contributed by atoms with van der Waals surface area (Å²) in [4.78, 5) is 0. The monoisotopic (exact) mass is 174 g/mol. The minimum atomic E-state index is 0.923. The molecule has 0 fully saturated rings. The van der Waals surface area contributed by atoms with Gasteiger partial charge in [-0.2, -0.15) is 0 Å². The summed E-state index contributed by atoms with van der Waals surface area (Å²) in [5, 5.41) is 1.46. The van der Waals surface area contributed by atoms with Crippen molar-refractivity contribution in [2.75, 3.05) is 0 Å². The standard InChI is InChI=1S/C11H14Si/c1-3-10(2)9-12-11-7-5-4-6-8-11/h3-8H,9H2,1-2H3/b10-3-. The average molecular weight is 174 g/mol. The first kappa shape index (κ1) is 9.27. The van der Waals surface area contributed by atoms with Crippen molar-refractivity contribution in [2.45, 2.75) is 19.9 Å². The molecule has 1 aromatic rings. The second kappa shape index (κ2) is 4.94. The quantitative estimate of drug-likeness (QED) is 0.487. The predicted octanol–water partition coefficient (Wildman–Crippen LogP) is 2.40. The van der Waals surface area contributed by atoms with Gasteiger partial charge in [-0.1, -0.05) is 47.2 Å². The van der Waals surface area contributed by atoms with Gasteiger partial charge in [-0.3, -0.25) is 0 Å². The van der Waals surface area contributed by atoms with E-state index in [-0.39, 0.29) is 0 Å². The molecule has 62 valence electrons. The number of hydrogen-bond acceptors (Lipinski definition) is 0. The number of hydrogen-bond donors (Lipinski definition) is 0. The molecular formula is C11H14Si. The molecule has 0 N–H and O–H groups in total. The molecule has 0 atom stereocenters. The molecule has 0 aliphatic rings. The van der Waals surface area contributed by atoms with Gasteiger partial charge < -0.3 is 0 Å².